The maximum Gasteiger partial charge on any atom is 0.223 e. The van der Waals surface area contributed by atoms with E-state index >= 15 is 0 Å². The van der Waals surface area contributed by atoms with E-state index in [-0.39, 0.29) is 6.04 Å². The number of anilines is 1. The summed E-state index contributed by atoms with van der Waals surface area (Å²) in [5.74, 6) is 0.306. The van der Waals surface area contributed by atoms with Gasteiger partial charge in [0.05, 0.1) is 0 Å². The third kappa shape index (κ3) is 2.38. The predicted molar refractivity (Wildman–Crippen MR) is 81.0 cm³/mol. The Kier molecular flexibility index (Phi) is 3.61. The lowest BCUT2D eigenvalue weighted by molar-refractivity contribution is -0.129. The number of nitrogens with two attached hydrogens (primary N) is 1. The topological polar surface area (TPSA) is 49.6 Å². The fraction of sp³-hybridized carbons (Fsp3) is 0.533. The zero-order chi connectivity index (χ0) is 14.3. The normalized spacial score (nSPS) is 23.9. The van der Waals surface area contributed by atoms with Crippen LogP contribution in [0.3, 0.4) is 0 Å². The summed E-state index contributed by atoms with van der Waals surface area (Å²) in [6.07, 6.45) is 1.67. The first-order valence-electron chi connectivity index (χ1n) is 7.15. The molecule has 1 amide bonds. The fourth-order valence-corrected chi connectivity index (χ4v) is 3.53. The highest BCUT2D eigenvalue weighted by Crippen LogP contribution is 2.30. The Bertz CT molecular complexity index is 532. The number of hydrogen-bond donors (Lipinski definition) is 1. The summed E-state index contributed by atoms with van der Waals surface area (Å²) < 4.78 is 0. The third-order valence-corrected chi connectivity index (χ3v) is 4.66. The molecule has 3 rings (SSSR count). The number of rotatable bonds is 2. The van der Waals surface area contributed by atoms with Crippen LogP contribution in [-0.4, -0.2) is 36.5 Å². The van der Waals surface area contributed by atoms with Gasteiger partial charge in [0.25, 0.3) is 0 Å². The van der Waals surface area contributed by atoms with Crippen molar-refractivity contribution in [2.24, 2.45) is 5.73 Å². The van der Waals surface area contributed by atoms with Crippen molar-refractivity contribution in [2.75, 3.05) is 24.5 Å². The van der Waals surface area contributed by atoms with E-state index in [1.807, 2.05) is 24.0 Å². The van der Waals surface area contributed by atoms with E-state index in [0.717, 1.165) is 42.3 Å². The first-order valence-corrected chi connectivity index (χ1v) is 7.53. The van der Waals surface area contributed by atoms with Gasteiger partial charge in [-0.05, 0) is 31.0 Å². The van der Waals surface area contributed by atoms with E-state index in [9.17, 15) is 4.79 Å². The average Bonchev–Trinajstić information content (AvgIpc) is 2.79. The minimum absolute atomic E-state index is 0.0548. The fourth-order valence-electron chi connectivity index (χ4n) is 3.18. The van der Waals surface area contributed by atoms with Crippen molar-refractivity contribution >= 4 is 23.2 Å². The van der Waals surface area contributed by atoms with Crippen molar-refractivity contribution in [3.63, 3.8) is 0 Å². The van der Waals surface area contributed by atoms with Gasteiger partial charge >= 0.3 is 0 Å². The minimum Gasteiger partial charge on any atom is -0.368 e. The molecule has 2 heterocycles. The molecule has 0 saturated carbocycles. The zero-order valence-corrected chi connectivity index (χ0v) is 12.4. The molecule has 2 saturated heterocycles. The number of piperazine rings is 1. The number of halogens is 1. The Morgan fingerprint density at radius 1 is 1.40 bits per heavy atom. The van der Waals surface area contributed by atoms with E-state index in [1.54, 1.807) is 0 Å². The number of benzene rings is 1. The Hall–Kier alpha value is -1.26. The Morgan fingerprint density at radius 2 is 2.20 bits per heavy atom. The van der Waals surface area contributed by atoms with Gasteiger partial charge in [0.15, 0.2) is 0 Å². The molecule has 2 N–H and O–H groups in total. The van der Waals surface area contributed by atoms with Crippen molar-refractivity contribution in [3.8, 4) is 0 Å². The van der Waals surface area contributed by atoms with Crippen molar-refractivity contribution in [1.29, 1.82) is 0 Å². The van der Waals surface area contributed by atoms with Gasteiger partial charge in [0.1, 0.15) is 0 Å². The van der Waals surface area contributed by atoms with Gasteiger partial charge in [-0.2, -0.15) is 0 Å². The number of amides is 1. The molecule has 1 aromatic carbocycles. The molecule has 0 spiro atoms. The van der Waals surface area contributed by atoms with E-state index in [0.29, 0.717) is 18.4 Å². The standard InChI is InChI=1S/C15H20ClN3O/c1-10(17)13-4-2-11(8-14(13)16)18-6-7-19-12(9-18)3-5-15(19)20/h2,4,8,10,12H,3,5-7,9,17H2,1H3. The lowest BCUT2D eigenvalue weighted by Gasteiger charge is -2.39. The van der Waals surface area contributed by atoms with Crippen LogP contribution < -0.4 is 10.6 Å². The summed E-state index contributed by atoms with van der Waals surface area (Å²) in [5.41, 5.74) is 7.99. The number of fused-ring (bicyclic) bond motifs is 1. The molecule has 4 nitrogen and oxygen atoms in total. The van der Waals surface area contributed by atoms with E-state index < -0.39 is 0 Å². The van der Waals surface area contributed by atoms with Gasteiger partial charge in [-0.1, -0.05) is 17.7 Å². The van der Waals surface area contributed by atoms with E-state index in [2.05, 4.69) is 11.0 Å². The van der Waals surface area contributed by atoms with Gasteiger partial charge in [-0.25, -0.2) is 0 Å². The summed E-state index contributed by atoms with van der Waals surface area (Å²) in [6, 6.07) is 6.39. The van der Waals surface area contributed by atoms with Crippen molar-refractivity contribution < 1.29 is 4.79 Å². The molecular weight excluding hydrogens is 274 g/mol. The quantitative estimate of drug-likeness (QED) is 0.909. The van der Waals surface area contributed by atoms with Crippen molar-refractivity contribution in [2.45, 2.75) is 31.8 Å². The summed E-state index contributed by atoms with van der Waals surface area (Å²) in [5, 5.41) is 0.724. The molecule has 2 aliphatic rings. The predicted octanol–water partition coefficient (Wildman–Crippen LogP) is 2.17. The van der Waals surface area contributed by atoms with E-state index in [4.69, 9.17) is 17.3 Å². The van der Waals surface area contributed by atoms with Gasteiger partial charge in [0.2, 0.25) is 5.91 Å². The molecule has 2 aliphatic heterocycles. The molecule has 108 valence electrons. The molecule has 0 radical (unpaired) electrons. The van der Waals surface area contributed by atoms with Crippen LogP contribution >= 0.6 is 11.6 Å². The Morgan fingerprint density at radius 3 is 2.90 bits per heavy atom. The van der Waals surface area contributed by atoms with Gasteiger partial charge in [-0.3, -0.25) is 4.79 Å². The molecule has 2 fully saturated rings. The highest BCUT2D eigenvalue weighted by Gasteiger charge is 2.35. The van der Waals surface area contributed by atoms with Gasteiger partial charge in [0, 0.05) is 48.8 Å². The highest BCUT2D eigenvalue weighted by molar-refractivity contribution is 6.31. The second-order valence-electron chi connectivity index (χ2n) is 5.72. The SMILES string of the molecule is CC(N)c1ccc(N2CCN3C(=O)CCC3C2)cc1Cl. The van der Waals surface area contributed by atoms with Crippen LogP contribution in [0, 0.1) is 0 Å². The number of hydrogen-bond acceptors (Lipinski definition) is 3. The number of nitrogens with zero attached hydrogens (tertiary/aromatic N) is 2. The van der Waals surface area contributed by atoms with Crippen LogP contribution in [0.25, 0.3) is 0 Å². The van der Waals surface area contributed by atoms with Gasteiger partial charge in [-0.15, -0.1) is 0 Å². The molecule has 20 heavy (non-hydrogen) atoms. The summed E-state index contributed by atoms with van der Waals surface area (Å²) >= 11 is 6.31. The minimum atomic E-state index is -0.0548. The highest BCUT2D eigenvalue weighted by atomic mass is 35.5. The average molecular weight is 294 g/mol. The lowest BCUT2D eigenvalue weighted by Crippen LogP contribution is -2.51. The van der Waals surface area contributed by atoms with Crippen molar-refractivity contribution in [1.82, 2.24) is 4.90 Å². The Labute approximate surface area is 124 Å². The third-order valence-electron chi connectivity index (χ3n) is 4.33. The first-order chi connectivity index (χ1) is 9.56. The summed E-state index contributed by atoms with van der Waals surface area (Å²) in [6.45, 7) is 4.52. The molecule has 0 bridgehead atoms. The summed E-state index contributed by atoms with van der Waals surface area (Å²) in [4.78, 5) is 16.0. The lowest BCUT2D eigenvalue weighted by atomic mass is 10.1. The molecule has 0 aromatic heterocycles. The zero-order valence-electron chi connectivity index (χ0n) is 11.7. The first kappa shape index (κ1) is 13.7. The van der Waals surface area contributed by atoms with Crippen LogP contribution in [0.4, 0.5) is 5.69 Å². The molecule has 0 aliphatic carbocycles. The maximum absolute atomic E-state index is 11.7. The smallest absolute Gasteiger partial charge is 0.223 e. The van der Waals surface area contributed by atoms with Crippen LogP contribution in [-0.2, 0) is 4.79 Å². The maximum atomic E-state index is 11.7. The molecule has 1 aromatic rings. The van der Waals surface area contributed by atoms with Crippen LogP contribution in [0.15, 0.2) is 18.2 Å². The van der Waals surface area contributed by atoms with Crippen LogP contribution in [0.1, 0.15) is 31.4 Å². The monoisotopic (exact) mass is 293 g/mol. The molecule has 2 unspecified atom stereocenters. The van der Waals surface area contributed by atoms with E-state index in [1.165, 1.54) is 0 Å². The second-order valence-corrected chi connectivity index (χ2v) is 6.13. The number of carbonyl (C=O) groups excluding carboxylic acids is 1. The van der Waals surface area contributed by atoms with Crippen LogP contribution in [0.2, 0.25) is 5.02 Å². The number of carbonyl (C=O) groups is 1. The molecule has 2 atom stereocenters. The van der Waals surface area contributed by atoms with Crippen LogP contribution in [0.5, 0.6) is 0 Å². The molecular formula is C15H20ClN3O. The summed E-state index contributed by atoms with van der Waals surface area (Å²) in [7, 11) is 0. The second kappa shape index (κ2) is 5.26. The largest absolute Gasteiger partial charge is 0.368 e. The van der Waals surface area contributed by atoms with Crippen molar-refractivity contribution in [3.05, 3.63) is 28.8 Å². The molecule has 5 heteroatoms. The Balaban J connectivity index is 1.77. The van der Waals surface area contributed by atoms with Gasteiger partial charge < -0.3 is 15.5 Å².